The zero-order chi connectivity index (χ0) is 11.6. The smallest absolute Gasteiger partial charge is 0.244 e. The molecule has 0 aromatic carbocycles. The van der Waals surface area contributed by atoms with Crippen molar-refractivity contribution in [3.63, 3.8) is 0 Å². The Morgan fingerprint density at radius 2 is 2.00 bits per heavy atom. The van der Waals surface area contributed by atoms with Crippen molar-refractivity contribution in [2.45, 2.75) is 4.90 Å². The maximum Gasteiger partial charge on any atom is 0.244 e. The Hall–Kier alpha value is -0.690. The Balaban J connectivity index is 2.30. The second-order valence-corrected chi connectivity index (χ2v) is 5.73. The molecule has 0 atom stereocenters. The summed E-state index contributed by atoms with van der Waals surface area (Å²) in [5, 5.41) is 0.314. The standard InChI is InChI=1S/C9H11ClN2O3S/c10-8-5-9(7-11-6-8)16(13,14)12-1-3-15-4-2-12/h5-7H,1-4H2. The van der Waals surface area contributed by atoms with E-state index in [1.165, 1.54) is 22.8 Å². The molecule has 1 aliphatic rings. The van der Waals surface area contributed by atoms with Gasteiger partial charge in [-0.05, 0) is 6.07 Å². The summed E-state index contributed by atoms with van der Waals surface area (Å²) in [6, 6.07) is 1.40. The highest BCUT2D eigenvalue weighted by Crippen LogP contribution is 2.18. The first-order chi connectivity index (χ1) is 7.60. The van der Waals surface area contributed by atoms with Gasteiger partial charge in [0, 0.05) is 25.5 Å². The van der Waals surface area contributed by atoms with E-state index in [1.54, 1.807) is 0 Å². The number of aromatic nitrogens is 1. The molecule has 0 spiro atoms. The molecule has 1 fully saturated rings. The molecular weight excluding hydrogens is 252 g/mol. The number of hydrogen-bond acceptors (Lipinski definition) is 4. The van der Waals surface area contributed by atoms with Crippen LogP contribution >= 0.6 is 11.6 Å². The van der Waals surface area contributed by atoms with Gasteiger partial charge in [-0.2, -0.15) is 4.31 Å². The van der Waals surface area contributed by atoms with Crippen LogP contribution in [0.25, 0.3) is 0 Å². The molecule has 88 valence electrons. The molecule has 0 bridgehead atoms. The van der Waals surface area contributed by atoms with E-state index in [2.05, 4.69) is 4.98 Å². The molecular formula is C9H11ClN2O3S. The van der Waals surface area contributed by atoms with Gasteiger partial charge in [0.2, 0.25) is 10.0 Å². The Bertz CT molecular complexity index is 471. The van der Waals surface area contributed by atoms with Gasteiger partial charge in [-0.3, -0.25) is 4.98 Å². The van der Waals surface area contributed by atoms with Gasteiger partial charge in [0.15, 0.2) is 0 Å². The number of hydrogen-bond donors (Lipinski definition) is 0. The lowest BCUT2D eigenvalue weighted by atomic mass is 10.5. The van der Waals surface area contributed by atoms with Crippen molar-refractivity contribution in [2.75, 3.05) is 26.3 Å². The molecule has 0 aliphatic carbocycles. The topological polar surface area (TPSA) is 59.5 Å². The van der Waals surface area contributed by atoms with Crippen LogP contribution in [0, 0.1) is 0 Å². The van der Waals surface area contributed by atoms with Crippen LogP contribution in [0.2, 0.25) is 5.02 Å². The van der Waals surface area contributed by atoms with E-state index < -0.39 is 10.0 Å². The zero-order valence-electron chi connectivity index (χ0n) is 8.47. The summed E-state index contributed by atoms with van der Waals surface area (Å²) in [5.74, 6) is 0. The number of nitrogens with zero attached hydrogens (tertiary/aromatic N) is 2. The molecule has 2 rings (SSSR count). The summed E-state index contributed by atoms with van der Waals surface area (Å²) in [6.07, 6.45) is 2.70. The number of ether oxygens (including phenoxy) is 1. The van der Waals surface area contributed by atoms with Crippen LogP contribution in [0.3, 0.4) is 0 Å². The molecule has 2 heterocycles. The molecule has 7 heteroatoms. The Morgan fingerprint density at radius 3 is 2.62 bits per heavy atom. The molecule has 1 aromatic heterocycles. The first-order valence-corrected chi connectivity index (χ1v) is 6.61. The molecule has 0 amide bonds. The number of rotatable bonds is 2. The Kier molecular flexibility index (Phi) is 3.44. The first-order valence-electron chi connectivity index (χ1n) is 4.79. The highest BCUT2D eigenvalue weighted by molar-refractivity contribution is 7.89. The second-order valence-electron chi connectivity index (χ2n) is 3.36. The number of pyridine rings is 1. The third-order valence-electron chi connectivity index (χ3n) is 2.29. The molecule has 1 saturated heterocycles. The van der Waals surface area contributed by atoms with Crippen molar-refractivity contribution in [1.29, 1.82) is 0 Å². The Morgan fingerprint density at radius 1 is 1.31 bits per heavy atom. The second kappa shape index (κ2) is 4.67. The summed E-state index contributed by atoms with van der Waals surface area (Å²) in [7, 11) is -3.48. The van der Waals surface area contributed by atoms with Gasteiger partial charge in [0.25, 0.3) is 0 Å². The Labute approximate surface area is 99.0 Å². The minimum atomic E-state index is -3.48. The average Bonchev–Trinajstić information content (AvgIpc) is 2.30. The van der Waals surface area contributed by atoms with Crippen LogP contribution in [-0.4, -0.2) is 44.0 Å². The highest BCUT2D eigenvalue weighted by Gasteiger charge is 2.26. The predicted molar refractivity (Wildman–Crippen MR) is 58.8 cm³/mol. The lowest BCUT2D eigenvalue weighted by Crippen LogP contribution is -2.40. The minimum Gasteiger partial charge on any atom is -0.379 e. The van der Waals surface area contributed by atoms with Crippen LogP contribution in [0.15, 0.2) is 23.4 Å². The molecule has 0 N–H and O–H groups in total. The van der Waals surface area contributed by atoms with Crippen molar-refractivity contribution in [1.82, 2.24) is 9.29 Å². The molecule has 0 unspecified atom stereocenters. The fourth-order valence-corrected chi connectivity index (χ4v) is 3.11. The van der Waals surface area contributed by atoms with Crippen molar-refractivity contribution in [3.8, 4) is 0 Å². The van der Waals surface area contributed by atoms with E-state index in [-0.39, 0.29) is 4.90 Å². The van der Waals surface area contributed by atoms with Gasteiger partial charge in [-0.15, -0.1) is 0 Å². The SMILES string of the molecule is O=S(=O)(c1cncc(Cl)c1)N1CCOCC1. The van der Waals surface area contributed by atoms with Gasteiger partial charge in [-0.1, -0.05) is 11.6 Å². The molecule has 16 heavy (non-hydrogen) atoms. The van der Waals surface area contributed by atoms with E-state index in [0.29, 0.717) is 31.3 Å². The lowest BCUT2D eigenvalue weighted by molar-refractivity contribution is 0.0730. The summed E-state index contributed by atoms with van der Waals surface area (Å²) in [5.41, 5.74) is 0. The van der Waals surface area contributed by atoms with Crippen molar-refractivity contribution in [3.05, 3.63) is 23.5 Å². The molecule has 1 aliphatic heterocycles. The van der Waals surface area contributed by atoms with Gasteiger partial charge in [-0.25, -0.2) is 8.42 Å². The third-order valence-corrected chi connectivity index (χ3v) is 4.36. The van der Waals surface area contributed by atoms with Crippen molar-refractivity contribution >= 4 is 21.6 Å². The van der Waals surface area contributed by atoms with Crippen molar-refractivity contribution < 1.29 is 13.2 Å². The van der Waals surface area contributed by atoms with E-state index in [4.69, 9.17) is 16.3 Å². The summed E-state index contributed by atoms with van der Waals surface area (Å²) in [4.78, 5) is 3.90. The highest BCUT2D eigenvalue weighted by atomic mass is 35.5. The van der Waals surface area contributed by atoms with E-state index in [0.717, 1.165) is 0 Å². The largest absolute Gasteiger partial charge is 0.379 e. The van der Waals surface area contributed by atoms with E-state index in [1.807, 2.05) is 0 Å². The maximum atomic E-state index is 12.1. The summed E-state index contributed by atoms with van der Waals surface area (Å²) in [6.45, 7) is 1.59. The monoisotopic (exact) mass is 262 g/mol. The van der Waals surface area contributed by atoms with Gasteiger partial charge >= 0.3 is 0 Å². The minimum absolute atomic E-state index is 0.127. The molecule has 0 radical (unpaired) electrons. The van der Waals surface area contributed by atoms with Gasteiger partial charge < -0.3 is 4.74 Å². The first kappa shape index (κ1) is 11.8. The zero-order valence-corrected chi connectivity index (χ0v) is 10.0. The van der Waals surface area contributed by atoms with Crippen LogP contribution in [-0.2, 0) is 14.8 Å². The van der Waals surface area contributed by atoms with Gasteiger partial charge in [0.1, 0.15) is 4.90 Å². The third kappa shape index (κ3) is 2.35. The van der Waals surface area contributed by atoms with E-state index >= 15 is 0 Å². The van der Waals surface area contributed by atoms with Crippen LogP contribution in [0.1, 0.15) is 0 Å². The number of sulfonamides is 1. The van der Waals surface area contributed by atoms with Crippen molar-refractivity contribution in [2.24, 2.45) is 0 Å². The molecule has 0 saturated carbocycles. The average molecular weight is 263 g/mol. The fraction of sp³-hybridized carbons (Fsp3) is 0.444. The van der Waals surface area contributed by atoms with Crippen LogP contribution < -0.4 is 0 Å². The quantitative estimate of drug-likeness (QED) is 0.789. The summed E-state index contributed by atoms with van der Waals surface area (Å²) >= 11 is 5.72. The predicted octanol–water partition coefficient (Wildman–Crippen LogP) is 0.756. The molecule has 5 nitrogen and oxygen atoms in total. The summed E-state index contributed by atoms with van der Waals surface area (Å²) < 4.78 is 30.7. The van der Waals surface area contributed by atoms with E-state index in [9.17, 15) is 8.42 Å². The lowest BCUT2D eigenvalue weighted by Gasteiger charge is -2.25. The number of halogens is 1. The van der Waals surface area contributed by atoms with Gasteiger partial charge in [0.05, 0.1) is 18.2 Å². The maximum absolute atomic E-state index is 12.1. The normalized spacial score (nSPS) is 18.6. The fourth-order valence-electron chi connectivity index (χ4n) is 1.47. The molecule has 1 aromatic rings. The van der Waals surface area contributed by atoms with Crippen LogP contribution in [0.5, 0.6) is 0 Å². The number of morpholine rings is 1. The van der Waals surface area contributed by atoms with Crippen LogP contribution in [0.4, 0.5) is 0 Å².